The van der Waals surface area contributed by atoms with Crippen molar-refractivity contribution >= 4 is 5.97 Å². The molecule has 0 spiro atoms. The van der Waals surface area contributed by atoms with Gasteiger partial charge >= 0.3 is 5.97 Å². The average Bonchev–Trinajstić information content (AvgIpc) is 2.65. The highest BCUT2D eigenvalue weighted by Gasteiger charge is 2.18. The van der Waals surface area contributed by atoms with Crippen molar-refractivity contribution in [3.8, 4) is 11.6 Å². The minimum Gasteiger partial charge on any atom is -0.490 e. The van der Waals surface area contributed by atoms with E-state index in [1.54, 1.807) is 25.3 Å². The molecule has 0 saturated carbocycles. The molecule has 0 aliphatic rings. The summed E-state index contributed by atoms with van der Waals surface area (Å²) in [6.45, 7) is 9.36. The number of aliphatic carboxylic acids is 1. The Kier molecular flexibility index (Phi) is 7.81. The Balaban J connectivity index is 1.82. The van der Waals surface area contributed by atoms with Crippen LogP contribution in [0, 0.1) is 0 Å². The van der Waals surface area contributed by atoms with Crippen LogP contribution >= 0.6 is 0 Å². The molecular weight excluding hydrogens is 358 g/mol. The first-order valence-electron chi connectivity index (χ1n) is 9.45. The summed E-state index contributed by atoms with van der Waals surface area (Å²) in [5, 5.41) is 9.19. The van der Waals surface area contributed by atoms with Gasteiger partial charge < -0.3 is 19.3 Å². The molecule has 0 fully saturated rings. The zero-order valence-electron chi connectivity index (χ0n) is 17.0. The number of carboxylic acids is 1. The minimum atomic E-state index is -0.980. The summed E-state index contributed by atoms with van der Waals surface area (Å²) >= 11 is 0. The largest absolute Gasteiger partial charge is 0.490 e. The molecule has 152 valence electrons. The molecule has 2 rings (SSSR count). The molecule has 0 amide bonds. The molecule has 1 aromatic carbocycles. The van der Waals surface area contributed by atoms with Gasteiger partial charge in [-0.1, -0.05) is 32.9 Å². The zero-order valence-corrected chi connectivity index (χ0v) is 17.0. The number of aromatic nitrogens is 1. The van der Waals surface area contributed by atoms with E-state index in [2.05, 4.69) is 37.9 Å². The smallest absolute Gasteiger partial charge is 0.333 e. The van der Waals surface area contributed by atoms with Crippen molar-refractivity contribution in [3.05, 3.63) is 53.7 Å². The minimum absolute atomic E-state index is 0.111. The normalized spacial score (nSPS) is 12.4. The number of hydrogen-bond donors (Lipinski definition) is 1. The molecular formula is C22H29NO5. The lowest BCUT2D eigenvalue weighted by atomic mass is 9.87. The molecule has 6 heteroatoms. The molecule has 0 aliphatic carbocycles. The number of benzene rings is 1. The van der Waals surface area contributed by atoms with Gasteiger partial charge in [0.25, 0.3) is 0 Å². The van der Waals surface area contributed by atoms with Crippen molar-refractivity contribution in [3.63, 3.8) is 0 Å². The maximum absolute atomic E-state index is 11.2. The Hall–Kier alpha value is -2.60. The van der Waals surface area contributed by atoms with Gasteiger partial charge in [0.2, 0.25) is 5.88 Å². The quantitative estimate of drug-likeness (QED) is 0.624. The van der Waals surface area contributed by atoms with Gasteiger partial charge in [-0.05, 0) is 41.7 Å². The molecule has 0 bridgehead atoms. The number of ether oxygens (including phenoxy) is 3. The van der Waals surface area contributed by atoms with Crippen molar-refractivity contribution in [2.45, 2.75) is 45.6 Å². The topological polar surface area (TPSA) is 77.9 Å². The van der Waals surface area contributed by atoms with E-state index in [0.717, 1.165) is 11.3 Å². The molecule has 1 unspecified atom stereocenters. The Morgan fingerprint density at radius 3 is 2.39 bits per heavy atom. The number of rotatable bonds is 10. The second kappa shape index (κ2) is 10.1. The maximum Gasteiger partial charge on any atom is 0.333 e. The van der Waals surface area contributed by atoms with Crippen LogP contribution in [0.2, 0.25) is 0 Å². The molecule has 0 saturated heterocycles. The van der Waals surface area contributed by atoms with Crippen molar-refractivity contribution in [1.29, 1.82) is 0 Å². The van der Waals surface area contributed by atoms with E-state index in [4.69, 9.17) is 14.2 Å². The van der Waals surface area contributed by atoms with Gasteiger partial charge in [-0.3, -0.25) is 0 Å². The number of hydrogen-bond acceptors (Lipinski definition) is 5. The second-order valence-corrected chi connectivity index (χ2v) is 7.46. The number of carboxylic acid groups (broad SMARTS) is 1. The highest BCUT2D eigenvalue weighted by Crippen LogP contribution is 2.24. The molecule has 6 nitrogen and oxygen atoms in total. The van der Waals surface area contributed by atoms with Crippen LogP contribution in [0.25, 0.3) is 0 Å². The van der Waals surface area contributed by atoms with Crippen LogP contribution in [0.4, 0.5) is 0 Å². The van der Waals surface area contributed by atoms with E-state index >= 15 is 0 Å². The average molecular weight is 387 g/mol. The van der Waals surface area contributed by atoms with Crippen LogP contribution < -0.4 is 9.47 Å². The fourth-order valence-electron chi connectivity index (χ4n) is 2.65. The standard InChI is InChI=1S/C22H29NO5/c1-5-26-19(21(24)25)14-16-10-11-23-20(15-16)28-13-12-27-18-8-6-17(7-9-18)22(2,3)4/h6-11,15,19H,5,12-14H2,1-4H3,(H,24,25). The van der Waals surface area contributed by atoms with Crippen molar-refractivity contribution in [2.24, 2.45) is 0 Å². The molecule has 1 atom stereocenters. The van der Waals surface area contributed by atoms with Crippen LogP contribution in [-0.4, -0.2) is 42.0 Å². The SMILES string of the molecule is CCOC(Cc1ccnc(OCCOc2ccc(C(C)(C)C)cc2)c1)C(=O)O. The summed E-state index contributed by atoms with van der Waals surface area (Å²) in [5.41, 5.74) is 2.16. The first-order valence-corrected chi connectivity index (χ1v) is 9.45. The van der Waals surface area contributed by atoms with E-state index in [0.29, 0.717) is 25.7 Å². The Morgan fingerprint density at radius 2 is 1.79 bits per heavy atom. The third kappa shape index (κ3) is 6.85. The van der Waals surface area contributed by atoms with Crippen LogP contribution in [0.1, 0.15) is 38.8 Å². The van der Waals surface area contributed by atoms with Crippen LogP contribution in [0.5, 0.6) is 11.6 Å². The van der Waals surface area contributed by atoms with Gasteiger partial charge in [0.05, 0.1) is 0 Å². The van der Waals surface area contributed by atoms with Gasteiger partial charge in [0.1, 0.15) is 19.0 Å². The van der Waals surface area contributed by atoms with E-state index < -0.39 is 12.1 Å². The molecule has 1 aromatic heterocycles. The number of nitrogens with zero attached hydrogens (tertiary/aromatic N) is 1. The van der Waals surface area contributed by atoms with Gasteiger partial charge in [-0.15, -0.1) is 0 Å². The van der Waals surface area contributed by atoms with Crippen molar-refractivity contribution < 1.29 is 24.1 Å². The van der Waals surface area contributed by atoms with E-state index in [1.807, 2.05) is 12.1 Å². The first-order chi connectivity index (χ1) is 13.3. The van der Waals surface area contributed by atoms with Gasteiger partial charge in [0.15, 0.2) is 6.10 Å². The van der Waals surface area contributed by atoms with E-state index in [-0.39, 0.29) is 11.8 Å². The van der Waals surface area contributed by atoms with E-state index in [9.17, 15) is 9.90 Å². The highest BCUT2D eigenvalue weighted by atomic mass is 16.5. The lowest BCUT2D eigenvalue weighted by Crippen LogP contribution is -2.26. The molecule has 0 radical (unpaired) electrons. The predicted octanol–water partition coefficient (Wildman–Crippen LogP) is 3.87. The summed E-state index contributed by atoms with van der Waals surface area (Å²) < 4.78 is 16.6. The predicted molar refractivity (Wildman–Crippen MR) is 107 cm³/mol. The fraction of sp³-hybridized carbons (Fsp3) is 0.455. The van der Waals surface area contributed by atoms with Crippen LogP contribution in [0.3, 0.4) is 0 Å². The molecule has 2 aromatic rings. The van der Waals surface area contributed by atoms with Crippen molar-refractivity contribution in [1.82, 2.24) is 4.98 Å². The first kappa shape index (κ1) is 21.7. The molecule has 1 N–H and O–H groups in total. The summed E-state index contributed by atoms with van der Waals surface area (Å²) in [6, 6.07) is 11.5. The van der Waals surface area contributed by atoms with Crippen LogP contribution in [0.15, 0.2) is 42.6 Å². The monoisotopic (exact) mass is 387 g/mol. The molecule has 1 heterocycles. The Labute approximate surface area is 166 Å². The number of pyridine rings is 1. The Bertz CT molecular complexity index is 752. The zero-order chi connectivity index (χ0) is 20.6. The second-order valence-electron chi connectivity index (χ2n) is 7.46. The summed E-state index contributed by atoms with van der Waals surface area (Å²) in [6.07, 6.45) is 0.986. The van der Waals surface area contributed by atoms with Crippen molar-refractivity contribution in [2.75, 3.05) is 19.8 Å². The molecule has 0 aliphatic heterocycles. The maximum atomic E-state index is 11.2. The third-order valence-electron chi connectivity index (χ3n) is 4.19. The molecule has 28 heavy (non-hydrogen) atoms. The Morgan fingerprint density at radius 1 is 1.11 bits per heavy atom. The number of carbonyl (C=O) groups is 1. The van der Waals surface area contributed by atoms with Gasteiger partial charge in [-0.25, -0.2) is 9.78 Å². The highest BCUT2D eigenvalue weighted by molar-refractivity contribution is 5.72. The third-order valence-corrected chi connectivity index (χ3v) is 4.19. The summed E-state index contributed by atoms with van der Waals surface area (Å²) in [7, 11) is 0. The lowest BCUT2D eigenvalue weighted by molar-refractivity contribution is -0.149. The van der Waals surface area contributed by atoms with Crippen LogP contribution in [-0.2, 0) is 21.4 Å². The fourth-order valence-corrected chi connectivity index (χ4v) is 2.65. The summed E-state index contributed by atoms with van der Waals surface area (Å²) in [5.74, 6) is 0.246. The van der Waals surface area contributed by atoms with E-state index in [1.165, 1.54) is 5.56 Å². The summed E-state index contributed by atoms with van der Waals surface area (Å²) in [4.78, 5) is 15.4. The van der Waals surface area contributed by atoms with Gasteiger partial charge in [-0.2, -0.15) is 0 Å². The lowest BCUT2D eigenvalue weighted by Gasteiger charge is -2.19. The van der Waals surface area contributed by atoms with Gasteiger partial charge in [0, 0.05) is 25.3 Å².